The first-order valence-corrected chi connectivity index (χ1v) is 4.47. The van der Waals surface area contributed by atoms with E-state index in [9.17, 15) is 13.6 Å². The fraction of sp³-hybridized carbons (Fsp3) is 0.182. The average Bonchev–Trinajstić information content (AvgIpc) is 2.19. The molecule has 0 aliphatic carbocycles. The van der Waals surface area contributed by atoms with E-state index >= 15 is 0 Å². The lowest BCUT2D eigenvalue weighted by molar-refractivity contribution is -0.131. The molecular weight excluding hydrogens is 218 g/mol. The molecule has 0 bridgehead atoms. The summed E-state index contributed by atoms with van der Waals surface area (Å²) in [4.78, 5) is 10.3. The number of benzene rings is 1. The van der Waals surface area contributed by atoms with E-state index in [0.29, 0.717) is 5.57 Å². The van der Waals surface area contributed by atoms with Crippen molar-refractivity contribution in [3.8, 4) is 5.75 Å². The van der Waals surface area contributed by atoms with Gasteiger partial charge in [-0.3, -0.25) is 0 Å². The first-order chi connectivity index (χ1) is 7.50. The molecule has 1 N–H and O–H groups in total. The van der Waals surface area contributed by atoms with E-state index in [2.05, 4.69) is 0 Å². The van der Waals surface area contributed by atoms with Gasteiger partial charge in [0.1, 0.15) is 6.61 Å². The fourth-order valence-electron chi connectivity index (χ4n) is 1.04. The van der Waals surface area contributed by atoms with Gasteiger partial charge in [-0.05, 0) is 24.6 Å². The zero-order chi connectivity index (χ0) is 12.1. The van der Waals surface area contributed by atoms with Crippen LogP contribution < -0.4 is 4.74 Å². The van der Waals surface area contributed by atoms with Crippen molar-refractivity contribution in [2.24, 2.45) is 0 Å². The summed E-state index contributed by atoms with van der Waals surface area (Å²) in [5.41, 5.74) is 0.399. The molecule has 0 amide bonds. The minimum absolute atomic E-state index is 0.104. The number of carboxylic acids is 1. The topological polar surface area (TPSA) is 46.5 Å². The Kier molecular flexibility index (Phi) is 3.99. The van der Waals surface area contributed by atoms with Crippen LogP contribution in [-0.4, -0.2) is 17.7 Å². The number of halogens is 2. The number of carbonyl (C=O) groups is 1. The second kappa shape index (κ2) is 5.25. The minimum atomic E-state index is -1.11. The summed E-state index contributed by atoms with van der Waals surface area (Å²) in [7, 11) is 0. The van der Waals surface area contributed by atoms with Gasteiger partial charge in [0.05, 0.1) is 0 Å². The molecule has 0 aliphatic rings. The highest BCUT2D eigenvalue weighted by Gasteiger charge is 2.08. The van der Waals surface area contributed by atoms with E-state index in [-0.39, 0.29) is 12.4 Å². The van der Waals surface area contributed by atoms with Gasteiger partial charge in [0.15, 0.2) is 11.6 Å². The Morgan fingerprint density at radius 3 is 2.81 bits per heavy atom. The molecule has 0 fully saturated rings. The summed E-state index contributed by atoms with van der Waals surface area (Å²) in [6, 6.07) is 3.55. The third-order valence-electron chi connectivity index (χ3n) is 1.74. The molecule has 0 saturated carbocycles. The molecule has 0 heterocycles. The number of hydrogen-bond donors (Lipinski definition) is 1. The molecule has 5 heteroatoms. The third-order valence-corrected chi connectivity index (χ3v) is 1.74. The maximum Gasteiger partial charge on any atom is 0.328 e. The number of hydrogen-bond acceptors (Lipinski definition) is 2. The maximum atomic E-state index is 13.1. The van der Waals surface area contributed by atoms with Crippen molar-refractivity contribution in [1.29, 1.82) is 0 Å². The number of rotatable bonds is 4. The predicted molar refractivity (Wildman–Crippen MR) is 53.2 cm³/mol. The molecule has 1 aromatic rings. The van der Waals surface area contributed by atoms with Crippen molar-refractivity contribution in [2.75, 3.05) is 6.61 Å². The number of ether oxygens (including phenoxy) is 1. The van der Waals surface area contributed by atoms with Crippen LogP contribution in [0, 0.1) is 11.6 Å². The first-order valence-electron chi connectivity index (χ1n) is 4.47. The zero-order valence-electron chi connectivity index (χ0n) is 8.54. The lowest BCUT2D eigenvalue weighted by Gasteiger charge is -2.07. The van der Waals surface area contributed by atoms with Crippen LogP contribution in [0.5, 0.6) is 5.75 Å². The molecule has 0 aromatic heterocycles. The summed E-state index contributed by atoms with van der Waals surface area (Å²) in [6.07, 6.45) is 0.942. The highest BCUT2D eigenvalue weighted by atomic mass is 19.2. The summed E-state index contributed by atoms with van der Waals surface area (Å²) in [6.45, 7) is 1.41. The Morgan fingerprint density at radius 1 is 1.50 bits per heavy atom. The Bertz CT molecular complexity index is 427. The molecule has 0 aliphatic heterocycles. The Hall–Kier alpha value is -1.91. The summed E-state index contributed by atoms with van der Waals surface area (Å²) in [5.74, 6) is -3.43. The maximum absolute atomic E-state index is 13.1. The van der Waals surface area contributed by atoms with Crippen LogP contribution in [0.3, 0.4) is 0 Å². The van der Waals surface area contributed by atoms with Crippen LogP contribution >= 0.6 is 0 Å². The van der Waals surface area contributed by atoms with Crippen LogP contribution in [0.15, 0.2) is 29.8 Å². The van der Waals surface area contributed by atoms with E-state index in [1.165, 1.54) is 19.1 Å². The van der Waals surface area contributed by atoms with Gasteiger partial charge >= 0.3 is 5.97 Å². The Morgan fingerprint density at radius 2 is 2.19 bits per heavy atom. The van der Waals surface area contributed by atoms with Crippen LogP contribution in [0.25, 0.3) is 0 Å². The van der Waals surface area contributed by atoms with Crippen molar-refractivity contribution >= 4 is 5.97 Å². The molecule has 3 nitrogen and oxygen atoms in total. The van der Waals surface area contributed by atoms with Crippen molar-refractivity contribution in [2.45, 2.75) is 6.92 Å². The fourth-order valence-corrected chi connectivity index (χ4v) is 1.04. The summed E-state index contributed by atoms with van der Waals surface area (Å²) >= 11 is 0. The second-order valence-corrected chi connectivity index (χ2v) is 3.17. The van der Waals surface area contributed by atoms with E-state index in [4.69, 9.17) is 9.84 Å². The van der Waals surface area contributed by atoms with Gasteiger partial charge in [0, 0.05) is 6.08 Å². The Labute approximate surface area is 91.0 Å². The van der Waals surface area contributed by atoms with Gasteiger partial charge in [-0.2, -0.15) is 4.39 Å². The van der Waals surface area contributed by atoms with E-state index in [1.807, 2.05) is 0 Å². The largest absolute Gasteiger partial charge is 0.486 e. The predicted octanol–water partition coefficient (Wildman–Crippen LogP) is 2.37. The van der Waals surface area contributed by atoms with Crippen LogP contribution in [0.1, 0.15) is 6.92 Å². The quantitative estimate of drug-likeness (QED) is 0.805. The molecule has 86 valence electrons. The van der Waals surface area contributed by atoms with Crippen LogP contribution in [-0.2, 0) is 4.79 Å². The van der Waals surface area contributed by atoms with Crippen LogP contribution in [0.4, 0.5) is 8.78 Å². The summed E-state index contributed by atoms with van der Waals surface area (Å²) < 4.78 is 30.8. The molecule has 16 heavy (non-hydrogen) atoms. The lowest BCUT2D eigenvalue weighted by atomic mass is 10.3. The van der Waals surface area contributed by atoms with Crippen molar-refractivity contribution < 1.29 is 23.4 Å². The van der Waals surface area contributed by atoms with Crippen molar-refractivity contribution in [1.82, 2.24) is 0 Å². The molecule has 0 unspecified atom stereocenters. The highest BCUT2D eigenvalue weighted by molar-refractivity contribution is 5.80. The van der Waals surface area contributed by atoms with E-state index in [0.717, 1.165) is 12.1 Å². The van der Waals surface area contributed by atoms with Gasteiger partial charge in [-0.25, -0.2) is 9.18 Å². The minimum Gasteiger partial charge on any atom is -0.486 e. The lowest BCUT2D eigenvalue weighted by Crippen LogP contribution is -2.03. The molecule has 0 saturated heterocycles. The normalized spacial score (nSPS) is 11.3. The molecule has 0 radical (unpaired) electrons. The van der Waals surface area contributed by atoms with Gasteiger partial charge in [-0.15, -0.1) is 0 Å². The Balaban J connectivity index is 2.68. The average molecular weight is 228 g/mol. The van der Waals surface area contributed by atoms with Gasteiger partial charge in [0.2, 0.25) is 5.82 Å². The number of aliphatic carboxylic acids is 1. The molecule has 0 spiro atoms. The molecular formula is C11H10F2O3. The SMILES string of the molecule is CC(=CC(=O)O)COc1cccc(F)c1F. The van der Waals surface area contributed by atoms with Gasteiger partial charge < -0.3 is 9.84 Å². The standard InChI is InChI=1S/C11H10F2O3/c1-7(5-10(14)15)6-16-9-4-2-3-8(12)11(9)13/h2-5H,6H2,1H3,(H,14,15). The molecule has 0 atom stereocenters. The molecule has 1 aromatic carbocycles. The smallest absolute Gasteiger partial charge is 0.328 e. The van der Waals surface area contributed by atoms with E-state index < -0.39 is 17.6 Å². The number of carboxylic acid groups (broad SMARTS) is 1. The zero-order valence-corrected chi connectivity index (χ0v) is 8.54. The van der Waals surface area contributed by atoms with Crippen molar-refractivity contribution in [3.63, 3.8) is 0 Å². The van der Waals surface area contributed by atoms with Gasteiger partial charge in [-0.1, -0.05) is 6.07 Å². The first kappa shape index (κ1) is 12.2. The second-order valence-electron chi connectivity index (χ2n) is 3.17. The monoisotopic (exact) mass is 228 g/mol. The third kappa shape index (κ3) is 3.34. The van der Waals surface area contributed by atoms with Crippen LogP contribution in [0.2, 0.25) is 0 Å². The highest BCUT2D eigenvalue weighted by Crippen LogP contribution is 2.19. The molecule has 1 rings (SSSR count). The summed E-state index contributed by atoms with van der Waals surface area (Å²) in [5, 5.41) is 8.41. The van der Waals surface area contributed by atoms with Crippen molar-refractivity contribution in [3.05, 3.63) is 41.5 Å². The van der Waals surface area contributed by atoms with Gasteiger partial charge in [0.25, 0.3) is 0 Å². The van der Waals surface area contributed by atoms with E-state index in [1.54, 1.807) is 0 Å².